The van der Waals surface area contributed by atoms with Crippen LogP contribution in [0.4, 0.5) is 5.82 Å². The summed E-state index contributed by atoms with van der Waals surface area (Å²) in [5.41, 5.74) is 8.93. The van der Waals surface area contributed by atoms with Crippen molar-refractivity contribution in [2.45, 2.75) is 19.8 Å². The molecule has 1 aromatic heterocycles. The van der Waals surface area contributed by atoms with Gasteiger partial charge < -0.3 is 15.2 Å². The quantitative estimate of drug-likeness (QED) is 0.913. The second-order valence-corrected chi connectivity index (χ2v) is 5.28. The molecule has 5 heteroatoms. The summed E-state index contributed by atoms with van der Waals surface area (Å²) in [4.78, 5) is 0. The van der Waals surface area contributed by atoms with Crippen molar-refractivity contribution in [2.24, 2.45) is 7.05 Å². The zero-order valence-corrected chi connectivity index (χ0v) is 12.0. The number of rotatable bonds is 2. The van der Waals surface area contributed by atoms with Crippen molar-refractivity contribution in [3.05, 3.63) is 23.8 Å². The van der Waals surface area contributed by atoms with Crippen molar-refractivity contribution in [3.63, 3.8) is 0 Å². The first-order valence-corrected chi connectivity index (χ1v) is 6.80. The fraction of sp³-hybridized carbons (Fsp3) is 0.400. The Kier molecular flexibility index (Phi) is 3.04. The molecule has 0 unspecified atom stereocenters. The van der Waals surface area contributed by atoms with Gasteiger partial charge in [0.1, 0.15) is 19.0 Å². The number of aromatic nitrogens is 2. The van der Waals surface area contributed by atoms with E-state index in [4.69, 9.17) is 15.2 Å². The number of nitrogens with zero attached hydrogens (tertiary/aromatic N) is 2. The molecule has 20 heavy (non-hydrogen) atoms. The van der Waals surface area contributed by atoms with Crippen molar-refractivity contribution in [3.8, 4) is 22.8 Å². The first kappa shape index (κ1) is 12.8. The second-order valence-electron chi connectivity index (χ2n) is 5.28. The molecule has 0 spiro atoms. The van der Waals surface area contributed by atoms with Gasteiger partial charge in [0.2, 0.25) is 0 Å². The average molecular weight is 273 g/mol. The van der Waals surface area contributed by atoms with Gasteiger partial charge in [0.05, 0.1) is 5.69 Å². The van der Waals surface area contributed by atoms with Gasteiger partial charge in [0.15, 0.2) is 11.5 Å². The van der Waals surface area contributed by atoms with Gasteiger partial charge in [0.25, 0.3) is 0 Å². The van der Waals surface area contributed by atoms with Gasteiger partial charge in [-0.1, -0.05) is 13.8 Å². The number of hydrogen-bond donors (Lipinski definition) is 1. The smallest absolute Gasteiger partial charge is 0.165 e. The third-order valence-corrected chi connectivity index (χ3v) is 3.52. The molecule has 0 bridgehead atoms. The van der Waals surface area contributed by atoms with Gasteiger partial charge >= 0.3 is 0 Å². The molecule has 0 saturated heterocycles. The maximum Gasteiger partial charge on any atom is 0.165 e. The molecule has 0 saturated carbocycles. The number of nitrogen functional groups attached to an aromatic ring is 1. The van der Waals surface area contributed by atoms with Gasteiger partial charge in [-0.25, -0.2) is 0 Å². The van der Waals surface area contributed by atoms with E-state index in [0.717, 1.165) is 28.3 Å². The highest BCUT2D eigenvalue weighted by molar-refractivity contribution is 5.72. The van der Waals surface area contributed by atoms with Gasteiger partial charge in [-0.2, -0.15) is 5.10 Å². The monoisotopic (exact) mass is 273 g/mol. The minimum atomic E-state index is 0.310. The molecule has 2 heterocycles. The molecule has 2 aromatic rings. The lowest BCUT2D eigenvalue weighted by Gasteiger charge is -2.24. The SMILES string of the molecule is CC(C)c1c(-c2cc(N)n(C)n2)ccc2c1OCCO2. The van der Waals surface area contributed by atoms with E-state index in [-0.39, 0.29) is 0 Å². The number of ether oxygens (including phenoxy) is 2. The van der Waals surface area contributed by atoms with Gasteiger partial charge in [-0.3, -0.25) is 4.68 Å². The fourth-order valence-corrected chi connectivity index (χ4v) is 2.55. The van der Waals surface area contributed by atoms with Crippen LogP contribution in [-0.2, 0) is 7.05 Å². The Labute approximate surface area is 118 Å². The predicted octanol–water partition coefficient (Wildman–Crippen LogP) is 2.56. The molecule has 106 valence electrons. The number of nitrogens with two attached hydrogens (primary N) is 1. The Morgan fingerprint density at radius 3 is 2.65 bits per heavy atom. The highest BCUT2D eigenvalue weighted by atomic mass is 16.6. The number of benzene rings is 1. The van der Waals surface area contributed by atoms with Crippen LogP contribution in [0.25, 0.3) is 11.3 Å². The van der Waals surface area contributed by atoms with E-state index < -0.39 is 0 Å². The summed E-state index contributed by atoms with van der Waals surface area (Å²) in [7, 11) is 1.84. The Morgan fingerprint density at radius 1 is 1.25 bits per heavy atom. The Hall–Kier alpha value is -2.17. The second kappa shape index (κ2) is 4.74. The molecular weight excluding hydrogens is 254 g/mol. The third kappa shape index (κ3) is 1.99. The van der Waals surface area contributed by atoms with Crippen molar-refractivity contribution in [2.75, 3.05) is 18.9 Å². The minimum absolute atomic E-state index is 0.310. The lowest BCUT2D eigenvalue weighted by molar-refractivity contribution is 0.169. The molecular formula is C15H19N3O2. The normalized spacial score (nSPS) is 13.8. The van der Waals surface area contributed by atoms with E-state index in [9.17, 15) is 0 Å². The highest BCUT2D eigenvalue weighted by Gasteiger charge is 2.23. The van der Waals surface area contributed by atoms with Crippen LogP contribution in [0.1, 0.15) is 25.3 Å². The molecule has 0 amide bonds. The maximum atomic E-state index is 5.89. The van der Waals surface area contributed by atoms with E-state index in [2.05, 4.69) is 18.9 Å². The topological polar surface area (TPSA) is 62.3 Å². The van der Waals surface area contributed by atoms with Crippen molar-refractivity contribution in [1.29, 1.82) is 0 Å². The summed E-state index contributed by atoms with van der Waals surface area (Å²) in [6.07, 6.45) is 0. The van der Waals surface area contributed by atoms with Crippen LogP contribution in [0.2, 0.25) is 0 Å². The summed E-state index contributed by atoms with van der Waals surface area (Å²) >= 11 is 0. The maximum absolute atomic E-state index is 5.89. The average Bonchev–Trinajstić information content (AvgIpc) is 2.77. The number of anilines is 1. The Bertz CT molecular complexity index is 627. The van der Waals surface area contributed by atoms with Crippen LogP contribution < -0.4 is 15.2 Å². The van der Waals surface area contributed by atoms with Gasteiger partial charge in [0, 0.05) is 24.2 Å². The number of aryl methyl sites for hydroxylation is 1. The van der Waals surface area contributed by atoms with Crippen LogP contribution in [0, 0.1) is 0 Å². The molecule has 1 aliphatic heterocycles. The Morgan fingerprint density at radius 2 is 2.00 bits per heavy atom. The van der Waals surface area contributed by atoms with Crippen LogP contribution in [0.15, 0.2) is 18.2 Å². The van der Waals surface area contributed by atoms with Gasteiger partial charge in [-0.05, 0) is 18.1 Å². The first-order valence-electron chi connectivity index (χ1n) is 6.80. The summed E-state index contributed by atoms with van der Waals surface area (Å²) in [6.45, 7) is 5.47. The predicted molar refractivity (Wildman–Crippen MR) is 78.1 cm³/mol. The lowest BCUT2D eigenvalue weighted by Crippen LogP contribution is -2.17. The molecule has 0 atom stereocenters. The van der Waals surface area contributed by atoms with Crippen LogP contribution in [0.3, 0.4) is 0 Å². The highest BCUT2D eigenvalue weighted by Crippen LogP contribution is 2.43. The van der Waals surface area contributed by atoms with Crippen molar-refractivity contribution in [1.82, 2.24) is 9.78 Å². The first-order chi connectivity index (χ1) is 9.58. The summed E-state index contributed by atoms with van der Waals surface area (Å²) < 4.78 is 13.2. The van der Waals surface area contributed by atoms with E-state index in [1.165, 1.54) is 0 Å². The molecule has 3 rings (SSSR count). The zero-order chi connectivity index (χ0) is 14.3. The zero-order valence-electron chi connectivity index (χ0n) is 12.0. The number of fused-ring (bicyclic) bond motifs is 1. The van der Waals surface area contributed by atoms with E-state index in [0.29, 0.717) is 24.9 Å². The van der Waals surface area contributed by atoms with E-state index >= 15 is 0 Å². The van der Waals surface area contributed by atoms with Crippen molar-refractivity contribution < 1.29 is 9.47 Å². The largest absolute Gasteiger partial charge is 0.486 e. The van der Waals surface area contributed by atoms with E-state index in [1.54, 1.807) is 4.68 Å². The molecule has 0 aliphatic carbocycles. The van der Waals surface area contributed by atoms with Crippen LogP contribution in [-0.4, -0.2) is 23.0 Å². The molecule has 0 fully saturated rings. The third-order valence-electron chi connectivity index (χ3n) is 3.52. The van der Waals surface area contributed by atoms with E-state index in [1.807, 2.05) is 25.2 Å². The molecule has 5 nitrogen and oxygen atoms in total. The molecule has 1 aromatic carbocycles. The molecule has 1 aliphatic rings. The Balaban J connectivity index is 2.20. The summed E-state index contributed by atoms with van der Waals surface area (Å²) in [5.74, 6) is 2.61. The molecule has 0 radical (unpaired) electrons. The van der Waals surface area contributed by atoms with Crippen molar-refractivity contribution >= 4 is 5.82 Å². The lowest BCUT2D eigenvalue weighted by atomic mass is 9.93. The summed E-state index contributed by atoms with van der Waals surface area (Å²) in [6, 6.07) is 5.86. The van der Waals surface area contributed by atoms with Gasteiger partial charge in [-0.15, -0.1) is 0 Å². The minimum Gasteiger partial charge on any atom is -0.486 e. The molecule has 2 N–H and O–H groups in total. The standard InChI is InChI=1S/C15H19N3O2/c1-9(2)14-10(11-8-13(16)18(3)17-11)4-5-12-15(14)20-7-6-19-12/h4-5,8-9H,6-7,16H2,1-3H3. The van der Waals surface area contributed by atoms with Crippen LogP contribution in [0.5, 0.6) is 11.5 Å². The number of hydrogen-bond acceptors (Lipinski definition) is 4. The van der Waals surface area contributed by atoms with Crippen LogP contribution >= 0.6 is 0 Å². The summed E-state index contributed by atoms with van der Waals surface area (Å²) in [5, 5.41) is 4.47. The fourth-order valence-electron chi connectivity index (χ4n) is 2.55.